The smallest absolute Gasteiger partial charge is 0.322 e. The highest BCUT2D eigenvalue weighted by molar-refractivity contribution is 5.65. The van der Waals surface area contributed by atoms with Gasteiger partial charge in [-0.2, -0.15) is 0 Å². The van der Waals surface area contributed by atoms with Crippen LogP contribution in [0.3, 0.4) is 0 Å². The van der Waals surface area contributed by atoms with E-state index in [1.807, 2.05) is 0 Å². The second-order valence-electron chi connectivity index (χ2n) is 1.05. The second-order valence-corrected chi connectivity index (χ2v) is 1.05. The lowest BCUT2D eigenvalue weighted by molar-refractivity contribution is 0.143. The molecule has 0 aromatic carbocycles. The monoisotopic (exact) mass is 127 g/mol. The molecule has 0 saturated heterocycles. The zero-order valence-corrected chi connectivity index (χ0v) is 3.83. The number of hydrogen-bond donors (Lipinski definition) is 1. The van der Waals surface area contributed by atoms with Gasteiger partial charge in [-0.1, -0.05) is 0 Å². The summed E-state index contributed by atoms with van der Waals surface area (Å²) in [5, 5.41) is 1.29. The molecule has 0 aromatic heterocycles. The molecule has 0 atom stereocenters. The van der Waals surface area contributed by atoms with Crippen LogP contribution in [-0.4, -0.2) is 19.1 Å². The van der Waals surface area contributed by atoms with Gasteiger partial charge in [-0.15, -0.1) is 4.39 Å². The Bertz CT molecular complexity index is 84.6. The molecule has 0 saturated carbocycles. The summed E-state index contributed by atoms with van der Waals surface area (Å²) in [4.78, 5) is 9.24. The Hall–Kier alpha value is -0.740. The lowest BCUT2D eigenvalue weighted by Crippen LogP contribution is -2.23. The molecule has 0 heterocycles. The summed E-state index contributed by atoms with van der Waals surface area (Å²) in [6.45, 7) is -0.921. The van der Waals surface area contributed by atoms with Gasteiger partial charge in [0.1, 0.15) is 0 Å². The molecule has 1 amide bonds. The first kappa shape index (κ1) is 7.26. The Morgan fingerprint density at radius 3 is 2.25 bits per heavy atom. The minimum absolute atomic E-state index is 0.921. The van der Waals surface area contributed by atoms with Gasteiger partial charge < -0.3 is 5.32 Å². The predicted octanol–water partition coefficient (Wildman–Crippen LogP) is 0.931. The molecule has 0 radical (unpaired) electrons. The summed E-state index contributed by atoms with van der Waals surface area (Å²) in [5.41, 5.74) is 0. The topological polar surface area (TPSA) is 29.1 Å². The number of halogens is 3. The van der Waals surface area contributed by atoms with Crippen LogP contribution in [0.4, 0.5) is 18.0 Å². The third-order valence-electron chi connectivity index (χ3n) is 0.395. The fraction of sp³-hybridized carbons (Fsp3) is 0.667. The van der Waals surface area contributed by atoms with E-state index in [4.69, 9.17) is 0 Å². The number of nitrogens with one attached hydrogen (secondary N) is 1. The minimum atomic E-state index is -2.69. The Balaban J connectivity index is 3.05. The van der Waals surface area contributed by atoms with Crippen molar-refractivity contribution in [1.29, 1.82) is 0 Å². The Kier molecular flexibility index (Phi) is 2.98. The molecule has 0 rings (SSSR count). The van der Waals surface area contributed by atoms with E-state index in [-0.39, 0.29) is 0 Å². The quantitative estimate of drug-likeness (QED) is 0.434. The van der Waals surface area contributed by atoms with Gasteiger partial charge in [0.15, 0.2) is 0 Å². The van der Waals surface area contributed by atoms with Crippen molar-refractivity contribution in [2.75, 3.05) is 6.54 Å². The van der Waals surface area contributed by atoms with E-state index in [1.165, 1.54) is 5.32 Å². The molecular formula is C3H4F3NO. The first-order chi connectivity index (χ1) is 3.63. The van der Waals surface area contributed by atoms with Gasteiger partial charge in [0.25, 0.3) is 6.43 Å². The van der Waals surface area contributed by atoms with E-state index in [2.05, 4.69) is 0 Å². The molecule has 0 aliphatic heterocycles. The summed E-state index contributed by atoms with van der Waals surface area (Å²) >= 11 is 0. The molecule has 0 aromatic rings. The molecule has 2 nitrogen and oxygen atoms in total. The summed E-state index contributed by atoms with van der Waals surface area (Å²) in [5.74, 6) is 0. The summed E-state index contributed by atoms with van der Waals surface area (Å²) < 4.78 is 33.0. The lowest BCUT2D eigenvalue weighted by atomic mass is 10.7. The summed E-state index contributed by atoms with van der Waals surface area (Å²) in [6.07, 6.45) is -4.61. The highest BCUT2D eigenvalue weighted by atomic mass is 19.3. The van der Waals surface area contributed by atoms with Crippen molar-refractivity contribution in [3.8, 4) is 0 Å². The van der Waals surface area contributed by atoms with Crippen LogP contribution in [0, 0.1) is 0 Å². The van der Waals surface area contributed by atoms with E-state index in [9.17, 15) is 18.0 Å². The van der Waals surface area contributed by atoms with Gasteiger partial charge in [-0.25, -0.2) is 13.6 Å². The van der Waals surface area contributed by atoms with Gasteiger partial charge in [0.2, 0.25) is 0 Å². The number of carbonyl (C=O) groups excluding carboxylic acids is 1. The minimum Gasteiger partial charge on any atom is -0.322 e. The zero-order valence-electron chi connectivity index (χ0n) is 3.83. The summed E-state index contributed by atoms with van der Waals surface area (Å²) in [6, 6.07) is 0. The van der Waals surface area contributed by atoms with Crippen LogP contribution in [0.1, 0.15) is 0 Å². The van der Waals surface area contributed by atoms with Crippen LogP contribution in [0.2, 0.25) is 0 Å². The van der Waals surface area contributed by atoms with Crippen LogP contribution in [0.25, 0.3) is 0 Å². The molecule has 0 unspecified atom stereocenters. The first-order valence-electron chi connectivity index (χ1n) is 1.84. The number of rotatable bonds is 2. The highest BCUT2D eigenvalue weighted by Gasteiger charge is 2.02. The SMILES string of the molecule is O=C(F)NCC(F)F. The number of carbonyl (C=O) groups is 1. The second kappa shape index (κ2) is 3.29. The van der Waals surface area contributed by atoms with E-state index >= 15 is 0 Å². The fourth-order valence-corrected chi connectivity index (χ4v) is 0.157. The Morgan fingerprint density at radius 1 is 1.62 bits per heavy atom. The van der Waals surface area contributed by atoms with Crippen LogP contribution < -0.4 is 5.32 Å². The van der Waals surface area contributed by atoms with E-state index in [1.54, 1.807) is 0 Å². The van der Waals surface area contributed by atoms with Crippen molar-refractivity contribution in [2.45, 2.75) is 6.43 Å². The van der Waals surface area contributed by atoms with Gasteiger partial charge in [0, 0.05) is 0 Å². The van der Waals surface area contributed by atoms with Crippen molar-refractivity contribution in [3.63, 3.8) is 0 Å². The number of amides is 1. The van der Waals surface area contributed by atoms with Crippen LogP contribution >= 0.6 is 0 Å². The summed E-state index contributed by atoms with van der Waals surface area (Å²) in [7, 11) is 0. The van der Waals surface area contributed by atoms with Gasteiger partial charge >= 0.3 is 6.16 Å². The molecule has 0 aliphatic carbocycles. The largest absolute Gasteiger partial charge is 0.397 e. The molecule has 48 valence electrons. The maximum atomic E-state index is 11.0. The van der Waals surface area contributed by atoms with Crippen molar-refractivity contribution in [2.24, 2.45) is 0 Å². The van der Waals surface area contributed by atoms with Crippen LogP contribution in [-0.2, 0) is 0 Å². The van der Waals surface area contributed by atoms with E-state index < -0.39 is 19.1 Å². The third-order valence-corrected chi connectivity index (χ3v) is 0.395. The van der Waals surface area contributed by atoms with Crippen molar-refractivity contribution in [3.05, 3.63) is 0 Å². The normalized spacial score (nSPS) is 9.50. The Labute approximate surface area is 43.7 Å². The van der Waals surface area contributed by atoms with Crippen molar-refractivity contribution >= 4 is 6.16 Å². The standard InChI is InChI=1S/C3H4F3NO/c4-2(5)1-7-3(6)8/h2H,1H2,(H,7,8). The predicted molar refractivity (Wildman–Crippen MR) is 20.5 cm³/mol. The molecular weight excluding hydrogens is 123 g/mol. The van der Waals surface area contributed by atoms with Crippen molar-refractivity contribution < 1.29 is 18.0 Å². The fourth-order valence-electron chi connectivity index (χ4n) is 0.157. The average molecular weight is 127 g/mol. The maximum absolute atomic E-state index is 11.0. The molecule has 8 heavy (non-hydrogen) atoms. The molecule has 0 aliphatic rings. The third kappa shape index (κ3) is 5.26. The average Bonchev–Trinajstić information content (AvgIpc) is 1.61. The van der Waals surface area contributed by atoms with E-state index in [0.29, 0.717) is 0 Å². The molecule has 0 fully saturated rings. The van der Waals surface area contributed by atoms with Gasteiger partial charge in [-0.3, -0.25) is 0 Å². The van der Waals surface area contributed by atoms with Gasteiger partial charge in [0.05, 0.1) is 6.54 Å². The van der Waals surface area contributed by atoms with Gasteiger partial charge in [-0.05, 0) is 0 Å². The molecule has 0 spiro atoms. The number of hydrogen-bond acceptors (Lipinski definition) is 1. The highest BCUT2D eigenvalue weighted by Crippen LogP contribution is 1.87. The van der Waals surface area contributed by atoms with E-state index in [0.717, 1.165) is 0 Å². The van der Waals surface area contributed by atoms with Crippen molar-refractivity contribution in [1.82, 2.24) is 5.32 Å². The van der Waals surface area contributed by atoms with Crippen LogP contribution in [0.15, 0.2) is 0 Å². The first-order valence-corrected chi connectivity index (χ1v) is 1.84. The molecule has 5 heteroatoms. The van der Waals surface area contributed by atoms with Crippen LogP contribution in [0.5, 0.6) is 0 Å². The maximum Gasteiger partial charge on any atom is 0.397 e. The Morgan fingerprint density at radius 2 is 2.12 bits per heavy atom. The lowest BCUT2D eigenvalue weighted by Gasteiger charge is -1.94. The molecule has 1 N–H and O–H groups in total. The molecule has 0 bridgehead atoms. The zero-order chi connectivity index (χ0) is 6.57. The number of alkyl halides is 2.